The first-order valence-corrected chi connectivity index (χ1v) is 5.58. The van der Waals surface area contributed by atoms with Crippen molar-refractivity contribution in [2.24, 2.45) is 5.16 Å². The summed E-state index contributed by atoms with van der Waals surface area (Å²) in [6, 6.07) is 19.1. The normalized spacial score (nSPS) is 10.2. The van der Waals surface area contributed by atoms with Gasteiger partial charge in [0.15, 0.2) is 0 Å². The van der Waals surface area contributed by atoms with E-state index in [2.05, 4.69) is 11.2 Å². The van der Waals surface area contributed by atoms with Crippen LogP contribution in [0.4, 0.5) is 0 Å². The molecule has 0 bridgehead atoms. The Morgan fingerprint density at radius 1 is 1.11 bits per heavy atom. The monoisotopic (exact) mass is 236 g/mol. The van der Waals surface area contributed by atoms with Gasteiger partial charge in [-0.2, -0.15) is 5.26 Å². The van der Waals surface area contributed by atoms with Crippen LogP contribution >= 0.6 is 0 Å². The van der Waals surface area contributed by atoms with Crippen LogP contribution in [-0.4, -0.2) is 6.21 Å². The molecule has 0 heterocycles. The Labute approximate surface area is 106 Å². The SMILES string of the molecule is N#Cc1cccc(/C=N/OCc2ccccc2)c1. The van der Waals surface area contributed by atoms with E-state index in [1.807, 2.05) is 42.5 Å². The lowest BCUT2D eigenvalue weighted by Crippen LogP contribution is -1.88. The molecule has 0 unspecified atom stereocenters. The second-order valence-electron chi connectivity index (χ2n) is 3.73. The fraction of sp³-hybridized carbons (Fsp3) is 0.0667. The van der Waals surface area contributed by atoms with E-state index in [9.17, 15) is 0 Å². The third-order valence-corrected chi connectivity index (χ3v) is 2.37. The molecule has 0 spiro atoms. The van der Waals surface area contributed by atoms with E-state index in [1.165, 1.54) is 0 Å². The van der Waals surface area contributed by atoms with Crippen molar-refractivity contribution in [3.05, 3.63) is 71.3 Å². The summed E-state index contributed by atoms with van der Waals surface area (Å²) in [6.07, 6.45) is 1.60. The van der Waals surface area contributed by atoms with Crippen LogP contribution in [0.3, 0.4) is 0 Å². The zero-order chi connectivity index (χ0) is 12.6. The number of hydrogen-bond donors (Lipinski definition) is 0. The lowest BCUT2D eigenvalue weighted by atomic mass is 10.1. The first-order chi connectivity index (χ1) is 8.88. The number of oxime groups is 1. The Morgan fingerprint density at radius 3 is 2.72 bits per heavy atom. The molecule has 2 aromatic carbocycles. The fourth-order valence-corrected chi connectivity index (χ4v) is 1.47. The van der Waals surface area contributed by atoms with Gasteiger partial charge in [-0.15, -0.1) is 0 Å². The van der Waals surface area contributed by atoms with Gasteiger partial charge in [-0.1, -0.05) is 47.6 Å². The molecule has 0 saturated carbocycles. The molecule has 0 saturated heterocycles. The average Bonchev–Trinajstić information content (AvgIpc) is 2.45. The lowest BCUT2D eigenvalue weighted by molar-refractivity contribution is 0.132. The smallest absolute Gasteiger partial charge is 0.142 e. The molecule has 88 valence electrons. The van der Waals surface area contributed by atoms with Crippen molar-refractivity contribution in [2.75, 3.05) is 0 Å². The second kappa shape index (κ2) is 6.21. The molecule has 0 aliphatic carbocycles. The maximum absolute atomic E-state index is 8.76. The number of nitrogens with zero attached hydrogens (tertiary/aromatic N) is 2. The topological polar surface area (TPSA) is 45.4 Å². The zero-order valence-corrected chi connectivity index (χ0v) is 9.78. The van der Waals surface area contributed by atoms with Gasteiger partial charge in [0.25, 0.3) is 0 Å². The van der Waals surface area contributed by atoms with Gasteiger partial charge in [-0.05, 0) is 23.3 Å². The van der Waals surface area contributed by atoms with E-state index in [-0.39, 0.29) is 0 Å². The summed E-state index contributed by atoms with van der Waals surface area (Å²) in [7, 11) is 0. The van der Waals surface area contributed by atoms with Crippen molar-refractivity contribution >= 4 is 6.21 Å². The third kappa shape index (κ3) is 3.46. The van der Waals surface area contributed by atoms with Gasteiger partial charge < -0.3 is 4.84 Å². The molecule has 0 aliphatic heterocycles. The van der Waals surface area contributed by atoms with Crippen LogP contribution in [-0.2, 0) is 11.4 Å². The Kier molecular flexibility index (Phi) is 4.10. The molecule has 2 aromatic rings. The highest BCUT2D eigenvalue weighted by Gasteiger charge is 1.92. The first-order valence-electron chi connectivity index (χ1n) is 5.58. The van der Waals surface area contributed by atoms with Crippen LogP contribution in [0.15, 0.2) is 59.8 Å². The summed E-state index contributed by atoms with van der Waals surface area (Å²) >= 11 is 0. The van der Waals surface area contributed by atoms with E-state index >= 15 is 0 Å². The molecule has 0 radical (unpaired) electrons. The van der Waals surface area contributed by atoms with Crippen molar-refractivity contribution in [3.8, 4) is 6.07 Å². The van der Waals surface area contributed by atoms with Crippen molar-refractivity contribution in [3.63, 3.8) is 0 Å². The standard InChI is InChI=1S/C15H12N2O/c16-10-14-7-4-8-15(9-14)11-17-18-12-13-5-2-1-3-6-13/h1-9,11H,12H2/b17-11+. The van der Waals surface area contributed by atoms with Crippen molar-refractivity contribution in [1.82, 2.24) is 0 Å². The summed E-state index contributed by atoms with van der Waals surface area (Å²) in [6.45, 7) is 0.440. The first kappa shape index (κ1) is 11.9. The van der Waals surface area contributed by atoms with Gasteiger partial charge in [-0.25, -0.2) is 0 Å². The fourth-order valence-electron chi connectivity index (χ4n) is 1.47. The maximum atomic E-state index is 8.76. The molecule has 3 heteroatoms. The van der Waals surface area contributed by atoms with Gasteiger partial charge in [0.2, 0.25) is 0 Å². The van der Waals surface area contributed by atoms with Crippen LogP contribution in [0.25, 0.3) is 0 Å². The van der Waals surface area contributed by atoms with Gasteiger partial charge in [-0.3, -0.25) is 0 Å². The average molecular weight is 236 g/mol. The van der Waals surface area contributed by atoms with Crippen LogP contribution in [0.2, 0.25) is 0 Å². The minimum Gasteiger partial charge on any atom is -0.391 e. The Morgan fingerprint density at radius 2 is 1.94 bits per heavy atom. The Hall–Kier alpha value is -2.60. The third-order valence-electron chi connectivity index (χ3n) is 2.37. The van der Waals surface area contributed by atoms with Gasteiger partial charge >= 0.3 is 0 Å². The molecular formula is C15H12N2O. The second-order valence-corrected chi connectivity index (χ2v) is 3.73. The molecule has 0 N–H and O–H groups in total. The quantitative estimate of drug-likeness (QED) is 0.604. The maximum Gasteiger partial charge on any atom is 0.142 e. The van der Waals surface area contributed by atoms with Gasteiger partial charge in [0.1, 0.15) is 6.61 Å². The van der Waals surface area contributed by atoms with Crippen LogP contribution < -0.4 is 0 Å². The Balaban J connectivity index is 1.90. The predicted octanol–water partition coefficient (Wildman–Crippen LogP) is 3.11. The van der Waals surface area contributed by atoms with Crippen molar-refractivity contribution in [2.45, 2.75) is 6.61 Å². The highest BCUT2D eigenvalue weighted by atomic mass is 16.6. The van der Waals surface area contributed by atoms with Crippen LogP contribution in [0.5, 0.6) is 0 Å². The van der Waals surface area contributed by atoms with Crippen molar-refractivity contribution < 1.29 is 4.84 Å². The van der Waals surface area contributed by atoms with Crippen molar-refractivity contribution in [1.29, 1.82) is 5.26 Å². The summed E-state index contributed by atoms with van der Waals surface area (Å²) in [5.74, 6) is 0. The van der Waals surface area contributed by atoms with Gasteiger partial charge in [0.05, 0.1) is 17.8 Å². The summed E-state index contributed by atoms with van der Waals surface area (Å²) < 4.78 is 0. The molecular weight excluding hydrogens is 224 g/mol. The minimum absolute atomic E-state index is 0.440. The van der Waals surface area contributed by atoms with E-state index in [1.54, 1.807) is 18.3 Å². The van der Waals surface area contributed by atoms with Crippen LogP contribution in [0, 0.1) is 11.3 Å². The molecule has 0 fully saturated rings. The number of nitriles is 1. The number of hydrogen-bond acceptors (Lipinski definition) is 3. The molecule has 0 aliphatic rings. The van der Waals surface area contributed by atoms with Gasteiger partial charge in [0, 0.05) is 0 Å². The number of rotatable bonds is 4. The van der Waals surface area contributed by atoms with Crippen LogP contribution in [0.1, 0.15) is 16.7 Å². The highest BCUT2D eigenvalue weighted by molar-refractivity contribution is 5.79. The molecule has 0 atom stereocenters. The summed E-state index contributed by atoms with van der Waals surface area (Å²) in [5.41, 5.74) is 2.53. The molecule has 18 heavy (non-hydrogen) atoms. The minimum atomic E-state index is 0.440. The molecule has 2 rings (SSSR count). The van der Waals surface area contributed by atoms with E-state index in [0.29, 0.717) is 12.2 Å². The van der Waals surface area contributed by atoms with E-state index in [0.717, 1.165) is 11.1 Å². The lowest BCUT2D eigenvalue weighted by Gasteiger charge is -1.98. The van der Waals surface area contributed by atoms with E-state index < -0.39 is 0 Å². The van der Waals surface area contributed by atoms with E-state index in [4.69, 9.17) is 10.1 Å². The zero-order valence-electron chi connectivity index (χ0n) is 9.78. The largest absolute Gasteiger partial charge is 0.391 e. The Bertz CT molecular complexity index is 571. The summed E-state index contributed by atoms with van der Waals surface area (Å²) in [4.78, 5) is 5.18. The summed E-state index contributed by atoms with van der Waals surface area (Å²) in [5, 5.41) is 12.6. The predicted molar refractivity (Wildman–Crippen MR) is 70.0 cm³/mol. The molecule has 0 amide bonds. The molecule has 3 nitrogen and oxygen atoms in total. The molecule has 0 aromatic heterocycles. The highest BCUT2D eigenvalue weighted by Crippen LogP contribution is 2.03. The number of benzene rings is 2.